The molecule has 0 bridgehead atoms. The van der Waals surface area contributed by atoms with E-state index in [2.05, 4.69) is 15.5 Å². The molecule has 0 saturated carbocycles. The second-order valence-electron chi connectivity index (χ2n) is 8.90. The Labute approximate surface area is 194 Å². The fourth-order valence-corrected chi connectivity index (χ4v) is 3.62. The third-order valence-electron chi connectivity index (χ3n) is 5.11. The Hall–Kier alpha value is -4.08. The van der Waals surface area contributed by atoms with E-state index in [-0.39, 0.29) is 22.6 Å². The first-order valence-corrected chi connectivity index (χ1v) is 10.5. The van der Waals surface area contributed by atoms with Crippen LogP contribution < -0.4 is 11.1 Å². The number of halogens is 2. The van der Waals surface area contributed by atoms with Crippen molar-refractivity contribution in [2.75, 3.05) is 5.32 Å². The van der Waals surface area contributed by atoms with Gasteiger partial charge in [0.05, 0.1) is 11.3 Å². The Morgan fingerprint density at radius 3 is 2.35 bits per heavy atom. The van der Waals surface area contributed by atoms with Crippen LogP contribution in [0.3, 0.4) is 0 Å². The van der Waals surface area contributed by atoms with Gasteiger partial charge < -0.3 is 15.8 Å². The van der Waals surface area contributed by atoms with Gasteiger partial charge >= 0.3 is 6.09 Å². The predicted octanol–water partition coefficient (Wildman–Crippen LogP) is 4.52. The molecule has 0 atom stereocenters. The maximum absolute atomic E-state index is 14.2. The lowest BCUT2D eigenvalue weighted by Gasteiger charge is -2.24. The number of nitrogens with one attached hydrogen (secondary N) is 1. The second kappa shape index (κ2) is 8.69. The number of nitrogens with zero attached hydrogens (tertiary/aromatic N) is 3. The highest BCUT2D eigenvalue weighted by Crippen LogP contribution is 2.31. The number of rotatable bonds is 4. The molecule has 176 valence electrons. The van der Waals surface area contributed by atoms with Gasteiger partial charge in [-0.15, -0.1) is 10.2 Å². The van der Waals surface area contributed by atoms with Crippen LogP contribution in [0.25, 0.3) is 11.3 Å². The summed E-state index contributed by atoms with van der Waals surface area (Å²) in [6, 6.07) is 10.2. The number of anilines is 2. The van der Waals surface area contributed by atoms with Crippen LogP contribution in [-0.4, -0.2) is 32.7 Å². The number of hydrogen-bond donors (Lipinski definition) is 2. The van der Waals surface area contributed by atoms with E-state index in [1.54, 1.807) is 31.7 Å². The van der Waals surface area contributed by atoms with Gasteiger partial charge in [-0.1, -0.05) is 12.1 Å². The van der Waals surface area contributed by atoms with Gasteiger partial charge in [-0.3, -0.25) is 9.69 Å². The summed E-state index contributed by atoms with van der Waals surface area (Å²) in [5, 5.41) is 10.6. The molecule has 4 rings (SSSR count). The van der Waals surface area contributed by atoms with Gasteiger partial charge in [0.1, 0.15) is 22.9 Å². The van der Waals surface area contributed by atoms with E-state index in [4.69, 9.17) is 10.5 Å². The van der Waals surface area contributed by atoms with E-state index in [0.29, 0.717) is 18.8 Å². The quantitative estimate of drug-likeness (QED) is 0.584. The summed E-state index contributed by atoms with van der Waals surface area (Å²) in [6.45, 7) is 6.16. The predicted molar refractivity (Wildman–Crippen MR) is 121 cm³/mol. The van der Waals surface area contributed by atoms with Crippen LogP contribution in [0.5, 0.6) is 0 Å². The van der Waals surface area contributed by atoms with Crippen molar-refractivity contribution in [3.63, 3.8) is 0 Å². The van der Waals surface area contributed by atoms with Gasteiger partial charge in [0.25, 0.3) is 5.91 Å². The van der Waals surface area contributed by atoms with Crippen molar-refractivity contribution in [3.8, 4) is 11.3 Å². The van der Waals surface area contributed by atoms with E-state index >= 15 is 0 Å². The van der Waals surface area contributed by atoms with Crippen molar-refractivity contribution in [1.82, 2.24) is 15.1 Å². The first-order chi connectivity index (χ1) is 16.0. The van der Waals surface area contributed by atoms with Crippen LogP contribution in [0, 0.1) is 11.6 Å². The highest BCUT2D eigenvalue weighted by Gasteiger charge is 2.28. The first kappa shape index (κ1) is 23.1. The van der Waals surface area contributed by atoms with Crippen LogP contribution >= 0.6 is 0 Å². The van der Waals surface area contributed by atoms with Crippen molar-refractivity contribution >= 4 is 23.4 Å². The van der Waals surface area contributed by atoms with E-state index in [1.165, 1.54) is 12.1 Å². The molecule has 0 spiro atoms. The maximum atomic E-state index is 14.2. The summed E-state index contributed by atoms with van der Waals surface area (Å²) >= 11 is 0. The van der Waals surface area contributed by atoms with Crippen LogP contribution in [0.15, 0.2) is 42.5 Å². The molecule has 0 fully saturated rings. The van der Waals surface area contributed by atoms with E-state index in [9.17, 15) is 18.4 Å². The Bertz CT molecular complexity index is 1270. The molecule has 10 heteroatoms. The molecule has 2 amide bonds. The van der Waals surface area contributed by atoms with Gasteiger partial charge in [0, 0.05) is 18.8 Å². The van der Waals surface area contributed by atoms with Gasteiger partial charge in [-0.25, -0.2) is 13.6 Å². The van der Waals surface area contributed by atoms with Crippen LogP contribution in [0.1, 0.15) is 42.4 Å². The Morgan fingerprint density at radius 2 is 1.71 bits per heavy atom. The van der Waals surface area contributed by atoms with Gasteiger partial charge in [-0.05, 0) is 62.2 Å². The molecule has 2 aromatic carbocycles. The molecule has 1 aliphatic heterocycles. The van der Waals surface area contributed by atoms with Crippen LogP contribution in [-0.2, 0) is 17.8 Å². The number of amides is 2. The standard InChI is InChI=1S/C24H23F2N5O3/c1-24(2,3)34-23(33)31-11-13-7-8-15(9-14(13)12-31)28-19-10-18(29-30-21(19)22(27)32)20-16(25)5-4-6-17(20)26/h4-10H,11-12H2,1-3H3,(H2,27,32)(H,28,29). The van der Waals surface area contributed by atoms with Crippen molar-refractivity contribution in [2.24, 2.45) is 5.73 Å². The van der Waals surface area contributed by atoms with Crippen molar-refractivity contribution < 1.29 is 23.1 Å². The molecule has 34 heavy (non-hydrogen) atoms. The molecule has 8 nitrogen and oxygen atoms in total. The number of benzene rings is 2. The number of ether oxygens (including phenoxy) is 1. The van der Waals surface area contributed by atoms with Crippen LogP contribution in [0.2, 0.25) is 0 Å². The Balaban J connectivity index is 1.62. The Kier molecular flexibility index (Phi) is 5.90. The third-order valence-corrected chi connectivity index (χ3v) is 5.11. The average molecular weight is 467 g/mol. The molecule has 1 aliphatic rings. The SMILES string of the molecule is CC(C)(C)OC(=O)N1Cc2ccc(Nc3cc(-c4c(F)cccc4F)nnc3C(N)=O)cc2C1. The van der Waals surface area contributed by atoms with Crippen LogP contribution in [0.4, 0.5) is 25.0 Å². The summed E-state index contributed by atoms with van der Waals surface area (Å²) in [4.78, 5) is 25.9. The fraction of sp³-hybridized carbons (Fsp3) is 0.250. The summed E-state index contributed by atoms with van der Waals surface area (Å²) in [7, 11) is 0. The fourth-order valence-electron chi connectivity index (χ4n) is 3.62. The third kappa shape index (κ3) is 4.80. The molecule has 3 aromatic rings. The summed E-state index contributed by atoms with van der Waals surface area (Å²) in [6.07, 6.45) is -0.413. The minimum atomic E-state index is -0.854. The van der Waals surface area contributed by atoms with Crippen molar-refractivity contribution in [1.29, 1.82) is 0 Å². The van der Waals surface area contributed by atoms with E-state index < -0.39 is 29.2 Å². The zero-order valence-electron chi connectivity index (χ0n) is 18.9. The molecule has 2 heterocycles. The molecule has 0 aliphatic carbocycles. The van der Waals surface area contributed by atoms with Gasteiger partial charge in [0.15, 0.2) is 5.69 Å². The second-order valence-corrected chi connectivity index (χ2v) is 8.90. The average Bonchev–Trinajstić information content (AvgIpc) is 3.16. The topological polar surface area (TPSA) is 110 Å². The zero-order valence-corrected chi connectivity index (χ0v) is 18.9. The molecule has 1 aromatic heterocycles. The minimum absolute atomic E-state index is 0.0969. The van der Waals surface area contributed by atoms with Gasteiger partial charge in [0.2, 0.25) is 0 Å². The monoisotopic (exact) mass is 467 g/mol. The van der Waals surface area contributed by atoms with E-state index in [0.717, 1.165) is 23.3 Å². The highest BCUT2D eigenvalue weighted by molar-refractivity contribution is 5.97. The van der Waals surface area contributed by atoms with E-state index in [1.807, 2.05) is 12.1 Å². The van der Waals surface area contributed by atoms with Crippen molar-refractivity contribution in [2.45, 2.75) is 39.5 Å². The number of aromatic nitrogens is 2. The number of hydrogen-bond acceptors (Lipinski definition) is 6. The minimum Gasteiger partial charge on any atom is -0.444 e. The maximum Gasteiger partial charge on any atom is 0.410 e. The highest BCUT2D eigenvalue weighted by atomic mass is 19.1. The molecular formula is C24H23F2N5O3. The Morgan fingerprint density at radius 1 is 1.03 bits per heavy atom. The lowest BCUT2D eigenvalue weighted by molar-refractivity contribution is 0.0241. The summed E-state index contributed by atoms with van der Waals surface area (Å²) in [5.74, 6) is -2.48. The van der Waals surface area contributed by atoms with Crippen molar-refractivity contribution in [3.05, 3.63) is 70.9 Å². The lowest BCUT2D eigenvalue weighted by atomic mass is 10.1. The summed E-state index contributed by atoms with van der Waals surface area (Å²) < 4.78 is 33.9. The molecule has 0 saturated heterocycles. The summed E-state index contributed by atoms with van der Waals surface area (Å²) in [5.41, 5.74) is 6.72. The molecule has 0 radical (unpaired) electrons. The largest absolute Gasteiger partial charge is 0.444 e. The number of nitrogens with two attached hydrogens (primary N) is 1. The normalized spacial score (nSPS) is 12.9. The lowest BCUT2D eigenvalue weighted by Crippen LogP contribution is -2.33. The number of carbonyl (C=O) groups excluding carboxylic acids is 2. The molecule has 0 unspecified atom stereocenters. The number of carbonyl (C=O) groups is 2. The smallest absolute Gasteiger partial charge is 0.410 e. The number of primary amides is 1. The molecule has 3 N–H and O–H groups in total. The number of fused-ring (bicyclic) bond motifs is 1. The molecular weight excluding hydrogens is 444 g/mol. The van der Waals surface area contributed by atoms with Gasteiger partial charge in [-0.2, -0.15) is 0 Å². The first-order valence-electron chi connectivity index (χ1n) is 10.5. The zero-order chi connectivity index (χ0) is 24.6.